The fraction of sp³-hybridized carbons (Fsp3) is 0.538. The van der Waals surface area contributed by atoms with Gasteiger partial charge in [0.2, 0.25) is 10.0 Å². The predicted octanol–water partition coefficient (Wildman–Crippen LogP) is 2.75. The lowest BCUT2D eigenvalue weighted by Crippen LogP contribution is -2.36. The highest BCUT2D eigenvalue weighted by Crippen LogP contribution is 2.27. The Morgan fingerprint density at radius 3 is 2.32 bits per heavy atom. The van der Waals surface area contributed by atoms with E-state index in [9.17, 15) is 8.42 Å². The summed E-state index contributed by atoms with van der Waals surface area (Å²) >= 11 is 3.27. The molecule has 0 spiro atoms. The van der Waals surface area contributed by atoms with Gasteiger partial charge >= 0.3 is 0 Å². The van der Waals surface area contributed by atoms with Crippen molar-refractivity contribution in [3.63, 3.8) is 0 Å². The molecule has 0 fully saturated rings. The molecule has 0 aliphatic carbocycles. The average Bonchev–Trinajstić information content (AvgIpc) is 2.39. The van der Waals surface area contributed by atoms with Crippen molar-refractivity contribution in [3.05, 3.63) is 28.2 Å². The zero-order valence-electron chi connectivity index (χ0n) is 11.4. The lowest BCUT2D eigenvalue weighted by atomic mass is 10.2. The monoisotopic (exact) mass is 349 g/mol. The lowest BCUT2D eigenvalue weighted by molar-refractivity contribution is 0.281. The molecule has 0 amide bonds. The highest BCUT2D eigenvalue weighted by Gasteiger charge is 2.27. The number of benzene rings is 1. The Kier molecular flexibility index (Phi) is 5.98. The maximum Gasteiger partial charge on any atom is 0.244 e. The molecule has 0 saturated heterocycles. The van der Waals surface area contributed by atoms with Crippen LogP contribution < -0.4 is 0 Å². The van der Waals surface area contributed by atoms with Gasteiger partial charge in [-0.3, -0.25) is 0 Å². The molecule has 0 atom stereocenters. The molecule has 1 rings (SSSR count). The first-order valence-corrected chi connectivity index (χ1v) is 8.49. The van der Waals surface area contributed by atoms with Crippen LogP contribution in [0.15, 0.2) is 27.6 Å². The fourth-order valence-electron chi connectivity index (χ4n) is 2.01. The molecule has 0 bridgehead atoms. The summed E-state index contributed by atoms with van der Waals surface area (Å²) in [7, 11) is -1.90. The summed E-state index contributed by atoms with van der Waals surface area (Å²) in [6, 6.07) is 4.78. The van der Waals surface area contributed by atoms with Gasteiger partial charge in [0.25, 0.3) is 0 Å². The first kappa shape index (κ1) is 16.6. The van der Waals surface area contributed by atoms with Gasteiger partial charge in [-0.25, -0.2) is 8.42 Å². The van der Waals surface area contributed by atoms with Gasteiger partial charge in [-0.05, 0) is 46.5 Å². The van der Waals surface area contributed by atoms with Gasteiger partial charge in [0, 0.05) is 17.6 Å². The van der Waals surface area contributed by atoms with Gasteiger partial charge in [-0.15, -0.1) is 0 Å². The van der Waals surface area contributed by atoms with Crippen molar-refractivity contribution < 1.29 is 13.5 Å². The Labute approximate surface area is 123 Å². The van der Waals surface area contributed by atoms with E-state index < -0.39 is 10.0 Å². The molecule has 0 unspecified atom stereocenters. The van der Waals surface area contributed by atoms with Crippen molar-refractivity contribution in [2.24, 2.45) is 0 Å². The molecule has 0 aliphatic heterocycles. The topological polar surface area (TPSA) is 57.6 Å². The maximum absolute atomic E-state index is 12.5. The molecule has 0 aliphatic rings. The van der Waals surface area contributed by atoms with E-state index in [1.54, 1.807) is 19.2 Å². The third kappa shape index (κ3) is 3.56. The Balaban J connectivity index is 3.20. The second kappa shape index (κ2) is 6.83. The standard InChI is InChI=1S/C13H20BrNO3S/c1-4-11(5-2)15(3)19(17,18)13-7-6-10(9-16)8-12(13)14/h6-8,11,16H,4-5,9H2,1-3H3. The molecule has 19 heavy (non-hydrogen) atoms. The summed E-state index contributed by atoms with van der Waals surface area (Å²) in [4.78, 5) is 0.235. The highest BCUT2D eigenvalue weighted by atomic mass is 79.9. The van der Waals surface area contributed by atoms with Crippen molar-refractivity contribution >= 4 is 26.0 Å². The van der Waals surface area contributed by atoms with E-state index in [0.717, 1.165) is 12.8 Å². The molecular weight excluding hydrogens is 330 g/mol. The van der Waals surface area contributed by atoms with Crippen LogP contribution in [0.25, 0.3) is 0 Å². The van der Waals surface area contributed by atoms with Gasteiger partial charge in [0.1, 0.15) is 0 Å². The van der Waals surface area contributed by atoms with Crippen LogP contribution in [0.1, 0.15) is 32.3 Å². The number of sulfonamides is 1. The summed E-state index contributed by atoms with van der Waals surface area (Å²) in [6.07, 6.45) is 1.55. The fourth-order valence-corrected chi connectivity index (χ4v) is 4.59. The van der Waals surface area contributed by atoms with Crippen molar-refractivity contribution in [1.82, 2.24) is 4.31 Å². The van der Waals surface area contributed by atoms with Crippen molar-refractivity contribution in [2.75, 3.05) is 7.05 Å². The van der Waals surface area contributed by atoms with Crippen LogP contribution in [-0.4, -0.2) is 30.9 Å². The number of hydrogen-bond donors (Lipinski definition) is 1. The van der Waals surface area contributed by atoms with Crippen LogP contribution >= 0.6 is 15.9 Å². The van der Waals surface area contributed by atoms with Gasteiger partial charge in [0.15, 0.2) is 0 Å². The minimum absolute atomic E-state index is 0.00517. The number of aliphatic hydroxyl groups is 1. The molecule has 0 heterocycles. The quantitative estimate of drug-likeness (QED) is 0.858. The molecule has 0 saturated carbocycles. The van der Waals surface area contributed by atoms with Crippen molar-refractivity contribution in [2.45, 2.75) is 44.2 Å². The highest BCUT2D eigenvalue weighted by molar-refractivity contribution is 9.10. The van der Waals surface area contributed by atoms with E-state index in [4.69, 9.17) is 5.11 Å². The molecule has 108 valence electrons. The minimum Gasteiger partial charge on any atom is -0.392 e. The number of nitrogens with zero attached hydrogens (tertiary/aromatic N) is 1. The van der Waals surface area contributed by atoms with E-state index in [2.05, 4.69) is 15.9 Å². The van der Waals surface area contributed by atoms with E-state index in [1.165, 1.54) is 10.4 Å². The van der Waals surface area contributed by atoms with Crippen LogP contribution in [0.4, 0.5) is 0 Å². The first-order valence-electron chi connectivity index (χ1n) is 6.25. The molecule has 4 nitrogen and oxygen atoms in total. The summed E-state index contributed by atoms with van der Waals surface area (Å²) < 4.78 is 27.0. The Hall–Kier alpha value is -0.430. The summed E-state index contributed by atoms with van der Waals surface area (Å²) in [5.74, 6) is 0. The third-order valence-corrected chi connectivity index (χ3v) is 6.18. The number of hydrogen-bond acceptors (Lipinski definition) is 3. The predicted molar refractivity (Wildman–Crippen MR) is 79.4 cm³/mol. The SMILES string of the molecule is CCC(CC)N(C)S(=O)(=O)c1ccc(CO)cc1Br. The Morgan fingerprint density at radius 1 is 1.32 bits per heavy atom. The van der Waals surface area contributed by atoms with Crippen LogP contribution in [-0.2, 0) is 16.6 Å². The Morgan fingerprint density at radius 2 is 1.89 bits per heavy atom. The third-order valence-electron chi connectivity index (χ3n) is 3.29. The molecule has 1 N–H and O–H groups in total. The molecule has 6 heteroatoms. The molecule has 0 radical (unpaired) electrons. The van der Waals surface area contributed by atoms with Gasteiger partial charge in [-0.2, -0.15) is 4.31 Å². The number of halogens is 1. The largest absolute Gasteiger partial charge is 0.392 e. The molecule has 0 aromatic heterocycles. The summed E-state index contributed by atoms with van der Waals surface area (Å²) in [5, 5.41) is 9.05. The van der Waals surface area contributed by atoms with E-state index in [-0.39, 0.29) is 17.5 Å². The van der Waals surface area contributed by atoms with Crippen molar-refractivity contribution in [3.8, 4) is 0 Å². The zero-order valence-corrected chi connectivity index (χ0v) is 13.8. The van der Waals surface area contributed by atoms with Gasteiger partial charge in [0.05, 0.1) is 11.5 Å². The summed E-state index contributed by atoms with van der Waals surface area (Å²) in [6.45, 7) is 3.84. The minimum atomic E-state index is -3.51. The molecule has 1 aromatic carbocycles. The van der Waals surface area contributed by atoms with E-state index in [1.807, 2.05) is 13.8 Å². The molecule has 1 aromatic rings. The lowest BCUT2D eigenvalue weighted by Gasteiger charge is -2.26. The number of aliphatic hydroxyl groups excluding tert-OH is 1. The van der Waals surface area contributed by atoms with E-state index >= 15 is 0 Å². The van der Waals surface area contributed by atoms with Gasteiger partial charge in [-0.1, -0.05) is 19.9 Å². The summed E-state index contributed by atoms with van der Waals surface area (Å²) in [5.41, 5.74) is 0.677. The smallest absolute Gasteiger partial charge is 0.244 e. The second-order valence-electron chi connectivity index (χ2n) is 4.41. The van der Waals surface area contributed by atoms with Crippen molar-refractivity contribution in [1.29, 1.82) is 0 Å². The first-order chi connectivity index (χ1) is 8.88. The van der Waals surface area contributed by atoms with Crippen LogP contribution in [0, 0.1) is 0 Å². The van der Waals surface area contributed by atoms with Crippen LogP contribution in [0.3, 0.4) is 0 Å². The molecular formula is C13H20BrNO3S. The maximum atomic E-state index is 12.5. The average molecular weight is 350 g/mol. The van der Waals surface area contributed by atoms with Crippen LogP contribution in [0.5, 0.6) is 0 Å². The van der Waals surface area contributed by atoms with E-state index in [0.29, 0.717) is 10.0 Å². The normalized spacial score (nSPS) is 12.4. The second-order valence-corrected chi connectivity index (χ2v) is 7.23. The number of rotatable bonds is 6. The van der Waals surface area contributed by atoms with Crippen LogP contribution in [0.2, 0.25) is 0 Å². The Bertz CT molecular complexity index is 527. The van der Waals surface area contributed by atoms with Gasteiger partial charge < -0.3 is 5.11 Å². The zero-order chi connectivity index (χ0) is 14.6.